The summed E-state index contributed by atoms with van der Waals surface area (Å²) in [6, 6.07) is 3.18. The summed E-state index contributed by atoms with van der Waals surface area (Å²) in [5, 5.41) is 22.5. The van der Waals surface area contributed by atoms with Crippen LogP contribution in [-0.4, -0.2) is 23.6 Å². The van der Waals surface area contributed by atoms with Gasteiger partial charge in [0, 0.05) is 18.2 Å². The van der Waals surface area contributed by atoms with Crippen molar-refractivity contribution in [2.45, 2.75) is 6.10 Å². The Morgan fingerprint density at radius 3 is 2.80 bits per heavy atom. The molecular weight excluding hydrogens is 203 g/mol. The molecule has 1 rings (SSSR count). The largest absolute Gasteiger partial charge is 0.387 e. The summed E-state index contributed by atoms with van der Waals surface area (Å²) in [6.07, 6.45) is -1.00. The van der Waals surface area contributed by atoms with Crippen molar-refractivity contribution in [2.75, 3.05) is 13.6 Å². The minimum absolute atomic E-state index is 0.0509. The molecule has 1 aromatic carbocycles. The normalized spacial score (nSPS) is 12.5. The van der Waals surface area contributed by atoms with E-state index < -0.39 is 16.8 Å². The Balaban J connectivity index is 2.97. The first-order valence-electron chi connectivity index (χ1n) is 4.32. The summed E-state index contributed by atoms with van der Waals surface area (Å²) in [6.45, 7) is 0.189. The Bertz CT molecular complexity index is 370. The zero-order chi connectivity index (χ0) is 11.4. The summed E-state index contributed by atoms with van der Waals surface area (Å²) in [5.74, 6) is -0.771. The maximum Gasteiger partial charge on any atom is 0.272 e. The third-order valence-electron chi connectivity index (χ3n) is 1.95. The number of benzene rings is 1. The van der Waals surface area contributed by atoms with Gasteiger partial charge in [-0.25, -0.2) is 4.39 Å². The lowest BCUT2D eigenvalue weighted by molar-refractivity contribution is -0.385. The number of nitrogens with zero attached hydrogens (tertiary/aromatic N) is 1. The quantitative estimate of drug-likeness (QED) is 0.578. The fourth-order valence-corrected chi connectivity index (χ4v) is 1.20. The zero-order valence-corrected chi connectivity index (χ0v) is 8.11. The maximum atomic E-state index is 13.3. The average Bonchev–Trinajstić information content (AvgIpc) is 2.17. The number of nitro groups is 1. The molecule has 0 saturated carbocycles. The molecule has 2 N–H and O–H groups in total. The molecule has 0 spiro atoms. The van der Waals surface area contributed by atoms with Crippen molar-refractivity contribution in [3.05, 3.63) is 39.7 Å². The first-order valence-corrected chi connectivity index (χ1v) is 4.32. The highest BCUT2D eigenvalue weighted by molar-refractivity contribution is 5.35. The molecule has 0 heterocycles. The number of halogens is 1. The molecule has 15 heavy (non-hydrogen) atoms. The second kappa shape index (κ2) is 4.81. The van der Waals surface area contributed by atoms with Gasteiger partial charge >= 0.3 is 0 Å². The number of aliphatic hydroxyl groups excluding tert-OH is 1. The predicted molar refractivity (Wildman–Crippen MR) is 51.9 cm³/mol. The molecular formula is C9H11FN2O3. The van der Waals surface area contributed by atoms with Gasteiger partial charge in [0.1, 0.15) is 5.82 Å². The van der Waals surface area contributed by atoms with Gasteiger partial charge in [-0.1, -0.05) is 0 Å². The maximum absolute atomic E-state index is 13.3. The first kappa shape index (κ1) is 11.5. The van der Waals surface area contributed by atoms with Crippen LogP contribution in [0.4, 0.5) is 10.1 Å². The summed E-state index contributed by atoms with van der Waals surface area (Å²) < 4.78 is 13.3. The van der Waals surface area contributed by atoms with Crippen LogP contribution in [0.5, 0.6) is 0 Å². The van der Waals surface area contributed by atoms with Gasteiger partial charge in [-0.05, 0) is 13.1 Å². The van der Waals surface area contributed by atoms with E-state index in [2.05, 4.69) is 5.32 Å². The smallest absolute Gasteiger partial charge is 0.272 e. The van der Waals surface area contributed by atoms with Crippen LogP contribution in [0, 0.1) is 15.9 Å². The van der Waals surface area contributed by atoms with Crippen LogP contribution < -0.4 is 5.32 Å². The van der Waals surface area contributed by atoms with E-state index in [1.807, 2.05) is 0 Å². The molecule has 0 aliphatic rings. The fourth-order valence-electron chi connectivity index (χ4n) is 1.20. The van der Waals surface area contributed by atoms with E-state index in [9.17, 15) is 19.6 Å². The molecule has 0 radical (unpaired) electrons. The van der Waals surface area contributed by atoms with E-state index in [-0.39, 0.29) is 17.8 Å². The topological polar surface area (TPSA) is 75.4 Å². The summed E-state index contributed by atoms with van der Waals surface area (Å²) in [5.41, 5.74) is -0.275. The first-order chi connectivity index (χ1) is 7.06. The van der Waals surface area contributed by atoms with Crippen LogP contribution in [0.15, 0.2) is 18.2 Å². The molecule has 82 valence electrons. The van der Waals surface area contributed by atoms with Crippen LogP contribution in [-0.2, 0) is 0 Å². The summed E-state index contributed by atoms with van der Waals surface area (Å²) >= 11 is 0. The van der Waals surface area contributed by atoms with E-state index in [1.54, 1.807) is 7.05 Å². The molecule has 0 aliphatic carbocycles. The molecule has 0 aromatic heterocycles. The molecule has 1 unspecified atom stereocenters. The number of nitrogens with one attached hydrogen (secondary N) is 1. The molecule has 0 bridgehead atoms. The van der Waals surface area contributed by atoms with E-state index in [0.29, 0.717) is 0 Å². The van der Waals surface area contributed by atoms with Crippen molar-refractivity contribution in [2.24, 2.45) is 0 Å². The number of non-ortho nitro benzene ring substituents is 1. The lowest BCUT2D eigenvalue weighted by atomic mass is 10.1. The van der Waals surface area contributed by atoms with Crippen LogP contribution in [0.3, 0.4) is 0 Å². The second-order valence-electron chi connectivity index (χ2n) is 3.04. The van der Waals surface area contributed by atoms with Gasteiger partial charge in [-0.2, -0.15) is 0 Å². The Labute approximate surface area is 85.7 Å². The van der Waals surface area contributed by atoms with Gasteiger partial charge in [-0.3, -0.25) is 10.1 Å². The van der Waals surface area contributed by atoms with Crippen molar-refractivity contribution < 1.29 is 14.4 Å². The minimum Gasteiger partial charge on any atom is -0.387 e. The van der Waals surface area contributed by atoms with Gasteiger partial charge in [0.15, 0.2) is 0 Å². The molecule has 0 fully saturated rings. The highest BCUT2D eigenvalue weighted by atomic mass is 19.1. The van der Waals surface area contributed by atoms with E-state index in [1.165, 1.54) is 6.07 Å². The Hall–Kier alpha value is -1.53. The molecule has 5 nitrogen and oxygen atoms in total. The van der Waals surface area contributed by atoms with Crippen LogP contribution in [0.2, 0.25) is 0 Å². The fraction of sp³-hybridized carbons (Fsp3) is 0.333. The SMILES string of the molecule is CNCC(O)c1ccc([N+](=O)[O-])cc1F. The third kappa shape index (κ3) is 2.71. The van der Waals surface area contributed by atoms with Crippen LogP contribution >= 0.6 is 0 Å². The Morgan fingerprint density at radius 1 is 1.67 bits per heavy atom. The highest BCUT2D eigenvalue weighted by Crippen LogP contribution is 2.21. The molecule has 0 amide bonds. The number of aliphatic hydroxyl groups is 1. The molecule has 6 heteroatoms. The van der Waals surface area contributed by atoms with Gasteiger partial charge in [0.2, 0.25) is 0 Å². The zero-order valence-electron chi connectivity index (χ0n) is 8.11. The Kier molecular flexibility index (Phi) is 3.70. The minimum atomic E-state index is -1.00. The number of rotatable bonds is 4. The monoisotopic (exact) mass is 214 g/mol. The van der Waals surface area contributed by atoms with Gasteiger partial charge < -0.3 is 10.4 Å². The molecule has 0 aliphatic heterocycles. The third-order valence-corrected chi connectivity index (χ3v) is 1.95. The van der Waals surface area contributed by atoms with Crippen LogP contribution in [0.25, 0.3) is 0 Å². The molecule has 1 atom stereocenters. The van der Waals surface area contributed by atoms with Gasteiger partial charge in [0.05, 0.1) is 17.1 Å². The van der Waals surface area contributed by atoms with E-state index >= 15 is 0 Å². The van der Waals surface area contributed by atoms with Crippen molar-refractivity contribution in [3.63, 3.8) is 0 Å². The highest BCUT2D eigenvalue weighted by Gasteiger charge is 2.15. The molecule has 1 aromatic rings. The lowest BCUT2D eigenvalue weighted by Crippen LogP contribution is -2.17. The summed E-state index contributed by atoms with van der Waals surface area (Å²) in [4.78, 5) is 9.64. The van der Waals surface area contributed by atoms with Crippen LogP contribution in [0.1, 0.15) is 11.7 Å². The average molecular weight is 214 g/mol. The standard InChI is InChI=1S/C9H11FN2O3/c1-11-5-9(13)7-3-2-6(12(14)15)4-8(7)10/h2-4,9,11,13H,5H2,1H3. The number of nitro benzene ring substituents is 1. The van der Waals surface area contributed by atoms with Gasteiger partial charge in [-0.15, -0.1) is 0 Å². The Morgan fingerprint density at radius 2 is 2.33 bits per heavy atom. The van der Waals surface area contributed by atoms with Gasteiger partial charge in [0.25, 0.3) is 5.69 Å². The number of hydrogen-bond donors (Lipinski definition) is 2. The second-order valence-corrected chi connectivity index (χ2v) is 3.04. The van der Waals surface area contributed by atoms with E-state index in [0.717, 1.165) is 12.1 Å². The van der Waals surface area contributed by atoms with E-state index in [4.69, 9.17) is 0 Å². The van der Waals surface area contributed by atoms with Crippen molar-refractivity contribution in [1.29, 1.82) is 0 Å². The number of hydrogen-bond acceptors (Lipinski definition) is 4. The van der Waals surface area contributed by atoms with Crippen molar-refractivity contribution in [3.8, 4) is 0 Å². The predicted octanol–water partition coefficient (Wildman–Crippen LogP) is 0.987. The lowest BCUT2D eigenvalue weighted by Gasteiger charge is -2.10. The van der Waals surface area contributed by atoms with Crippen molar-refractivity contribution >= 4 is 5.69 Å². The molecule has 0 saturated heterocycles. The van der Waals surface area contributed by atoms with Crippen molar-refractivity contribution in [1.82, 2.24) is 5.32 Å². The summed E-state index contributed by atoms with van der Waals surface area (Å²) in [7, 11) is 1.62. The number of likely N-dealkylation sites (N-methyl/N-ethyl adjacent to an activating group) is 1.